The van der Waals surface area contributed by atoms with Gasteiger partial charge in [-0.3, -0.25) is 0 Å². The second-order valence-corrected chi connectivity index (χ2v) is 4.94. The highest BCUT2D eigenvalue weighted by Gasteiger charge is 2.17. The summed E-state index contributed by atoms with van der Waals surface area (Å²) in [4.78, 5) is 11.0. The quantitative estimate of drug-likeness (QED) is 0.718. The molecule has 0 unspecified atom stereocenters. The zero-order valence-electron chi connectivity index (χ0n) is 12.2. The molecule has 3 aromatic rings. The minimum atomic E-state index is -0.106. The lowest BCUT2D eigenvalue weighted by Crippen LogP contribution is -1.99. The Kier molecular flexibility index (Phi) is 3.78. The lowest BCUT2D eigenvalue weighted by molar-refractivity contribution is 0.340. The first-order chi connectivity index (χ1) is 10.7. The van der Waals surface area contributed by atoms with Gasteiger partial charge in [0.05, 0.1) is 18.7 Å². The summed E-state index contributed by atoms with van der Waals surface area (Å²) in [6.07, 6.45) is 0. The highest BCUT2D eigenvalue weighted by molar-refractivity contribution is 5.95. The number of para-hydroxylation sites is 1. The van der Waals surface area contributed by atoms with Gasteiger partial charge >= 0.3 is 0 Å². The Morgan fingerprint density at radius 1 is 1.14 bits per heavy atom. The Balaban J connectivity index is 2.00. The van der Waals surface area contributed by atoms with Gasteiger partial charge in [-0.1, -0.05) is 30.3 Å². The van der Waals surface area contributed by atoms with Gasteiger partial charge in [0.25, 0.3) is 0 Å². The first-order valence-corrected chi connectivity index (χ1v) is 7.10. The van der Waals surface area contributed by atoms with Gasteiger partial charge in [-0.2, -0.15) is 0 Å². The van der Waals surface area contributed by atoms with Crippen LogP contribution in [0.25, 0.3) is 10.9 Å². The fourth-order valence-corrected chi connectivity index (χ4v) is 2.56. The Morgan fingerprint density at radius 3 is 2.55 bits per heavy atom. The summed E-state index contributed by atoms with van der Waals surface area (Å²) in [6.45, 7) is 3.01. The molecule has 0 bridgehead atoms. The second-order valence-electron chi connectivity index (χ2n) is 4.94. The maximum atomic E-state index is 11.0. The van der Waals surface area contributed by atoms with Crippen molar-refractivity contribution in [3.8, 4) is 11.6 Å². The molecule has 0 radical (unpaired) electrons. The van der Waals surface area contributed by atoms with E-state index in [1.165, 1.54) is 0 Å². The zero-order chi connectivity index (χ0) is 15.5. The number of hydrogen-bond acceptors (Lipinski definition) is 4. The van der Waals surface area contributed by atoms with Crippen LogP contribution in [0.1, 0.15) is 12.5 Å². The molecule has 3 rings (SSSR count). The molecule has 5 heteroatoms. The van der Waals surface area contributed by atoms with Gasteiger partial charge in [0.1, 0.15) is 5.75 Å². The van der Waals surface area contributed by atoms with Crippen molar-refractivity contribution >= 4 is 16.6 Å². The van der Waals surface area contributed by atoms with Crippen LogP contribution >= 0.6 is 0 Å². The van der Waals surface area contributed by atoms with Crippen LogP contribution in [0.2, 0.25) is 0 Å². The molecule has 112 valence electrons. The lowest BCUT2D eigenvalue weighted by atomic mass is 10.2. The number of ether oxygens (including phenoxy) is 1. The van der Waals surface area contributed by atoms with Crippen molar-refractivity contribution in [3.63, 3.8) is 0 Å². The number of nitrogens with zero attached hydrogens (tertiary/aromatic N) is 2. The topological polar surface area (TPSA) is 63.8 Å². The van der Waals surface area contributed by atoms with E-state index in [2.05, 4.69) is 5.18 Å². The van der Waals surface area contributed by atoms with Gasteiger partial charge in [0, 0.05) is 5.39 Å². The Hall–Kier alpha value is -2.82. The molecule has 0 atom stereocenters. The Labute approximate surface area is 127 Å². The molecule has 0 amide bonds. The average molecular weight is 296 g/mol. The van der Waals surface area contributed by atoms with Crippen LogP contribution in [0, 0.1) is 4.91 Å². The van der Waals surface area contributed by atoms with E-state index >= 15 is 0 Å². The largest absolute Gasteiger partial charge is 0.494 e. The molecule has 2 aromatic carbocycles. The Morgan fingerprint density at radius 2 is 1.86 bits per heavy atom. The molecular formula is C17H16N2O3. The summed E-state index contributed by atoms with van der Waals surface area (Å²) < 4.78 is 7.10. The molecule has 1 heterocycles. The third-order valence-electron chi connectivity index (χ3n) is 3.58. The van der Waals surface area contributed by atoms with E-state index in [0.29, 0.717) is 18.5 Å². The van der Waals surface area contributed by atoms with Crippen molar-refractivity contribution in [1.29, 1.82) is 0 Å². The van der Waals surface area contributed by atoms with Gasteiger partial charge in [0.15, 0.2) is 5.69 Å². The summed E-state index contributed by atoms with van der Waals surface area (Å²) >= 11 is 0. The highest BCUT2D eigenvalue weighted by atomic mass is 16.5. The van der Waals surface area contributed by atoms with Crippen molar-refractivity contribution < 1.29 is 9.84 Å². The van der Waals surface area contributed by atoms with E-state index in [-0.39, 0.29) is 11.6 Å². The molecular weight excluding hydrogens is 280 g/mol. The second kappa shape index (κ2) is 5.89. The van der Waals surface area contributed by atoms with Crippen LogP contribution in [-0.2, 0) is 6.54 Å². The highest BCUT2D eigenvalue weighted by Crippen LogP contribution is 2.38. The minimum Gasteiger partial charge on any atom is -0.494 e. The molecule has 0 spiro atoms. The van der Waals surface area contributed by atoms with Gasteiger partial charge in [-0.05, 0) is 35.9 Å². The van der Waals surface area contributed by atoms with E-state index < -0.39 is 0 Å². The average Bonchev–Trinajstić information content (AvgIpc) is 2.81. The molecule has 1 N–H and O–H groups in total. The third kappa shape index (κ3) is 2.41. The number of benzene rings is 2. The number of rotatable bonds is 5. The van der Waals surface area contributed by atoms with Crippen molar-refractivity contribution in [2.24, 2.45) is 5.18 Å². The lowest BCUT2D eigenvalue weighted by Gasteiger charge is -2.08. The third-order valence-corrected chi connectivity index (χ3v) is 3.58. The molecule has 0 saturated carbocycles. The fraction of sp³-hybridized carbons (Fsp3) is 0.176. The minimum absolute atomic E-state index is 0.0848. The summed E-state index contributed by atoms with van der Waals surface area (Å²) in [6, 6.07) is 15.0. The first-order valence-electron chi connectivity index (χ1n) is 7.10. The smallest absolute Gasteiger partial charge is 0.222 e. The van der Waals surface area contributed by atoms with Gasteiger partial charge in [-0.15, -0.1) is 4.91 Å². The van der Waals surface area contributed by atoms with Crippen LogP contribution in [0.15, 0.2) is 53.7 Å². The number of aromatic nitrogens is 1. The summed E-state index contributed by atoms with van der Waals surface area (Å²) in [5.41, 5.74) is 1.86. The van der Waals surface area contributed by atoms with Crippen LogP contribution < -0.4 is 4.74 Å². The predicted octanol–water partition coefficient (Wildman–Crippen LogP) is 4.19. The summed E-state index contributed by atoms with van der Waals surface area (Å²) in [7, 11) is 0. The van der Waals surface area contributed by atoms with E-state index in [1.54, 1.807) is 10.6 Å². The SMILES string of the molecule is CCOc1ccc(Cn2c(O)c(N=O)c3ccccc32)cc1. The van der Waals surface area contributed by atoms with Gasteiger partial charge in [0.2, 0.25) is 5.88 Å². The standard InChI is InChI=1S/C17H16N2O3/c1-2-22-13-9-7-12(8-10-13)11-19-15-6-4-3-5-14(15)16(18-21)17(19)20/h3-10,20H,2,11H2,1H3. The molecule has 1 aromatic heterocycles. The number of fused-ring (bicyclic) bond motifs is 1. The summed E-state index contributed by atoms with van der Waals surface area (Å²) in [5, 5.41) is 13.9. The molecule has 5 nitrogen and oxygen atoms in total. The zero-order valence-corrected chi connectivity index (χ0v) is 12.2. The van der Waals surface area contributed by atoms with E-state index in [4.69, 9.17) is 4.74 Å². The molecule has 0 aliphatic rings. The fourth-order valence-electron chi connectivity index (χ4n) is 2.56. The van der Waals surface area contributed by atoms with Crippen molar-refractivity contribution in [1.82, 2.24) is 4.57 Å². The van der Waals surface area contributed by atoms with Gasteiger partial charge in [-0.25, -0.2) is 0 Å². The summed E-state index contributed by atoms with van der Waals surface area (Å²) in [5.74, 6) is 0.702. The van der Waals surface area contributed by atoms with Crippen molar-refractivity contribution in [2.75, 3.05) is 6.61 Å². The van der Waals surface area contributed by atoms with Crippen LogP contribution in [0.4, 0.5) is 5.69 Å². The maximum Gasteiger partial charge on any atom is 0.222 e. The van der Waals surface area contributed by atoms with Crippen LogP contribution in [0.3, 0.4) is 0 Å². The van der Waals surface area contributed by atoms with Gasteiger partial charge < -0.3 is 14.4 Å². The number of aromatic hydroxyl groups is 1. The number of hydrogen-bond donors (Lipinski definition) is 1. The molecule has 0 fully saturated rings. The van der Waals surface area contributed by atoms with Crippen LogP contribution in [0.5, 0.6) is 11.6 Å². The normalized spacial score (nSPS) is 10.8. The first kappa shape index (κ1) is 14.1. The van der Waals surface area contributed by atoms with Crippen molar-refractivity contribution in [2.45, 2.75) is 13.5 Å². The van der Waals surface area contributed by atoms with Crippen molar-refractivity contribution in [3.05, 3.63) is 59.0 Å². The molecule has 0 saturated heterocycles. The number of nitroso groups, excluding NO2 is 1. The predicted molar refractivity (Wildman–Crippen MR) is 85.8 cm³/mol. The Bertz CT molecular complexity index is 807. The van der Waals surface area contributed by atoms with E-state index in [1.807, 2.05) is 49.4 Å². The monoisotopic (exact) mass is 296 g/mol. The molecule has 0 aliphatic carbocycles. The van der Waals surface area contributed by atoms with E-state index in [0.717, 1.165) is 16.8 Å². The van der Waals surface area contributed by atoms with E-state index in [9.17, 15) is 10.0 Å². The maximum absolute atomic E-state index is 11.0. The molecule has 0 aliphatic heterocycles. The molecule has 22 heavy (non-hydrogen) atoms. The van der Waals surface area contributed by atoms with Crippen LogP contribution in [-0.4, -0.2) is 16.3 Å².